The molecule has 1 heterocycles. The molecule has 0 atom stereocenters. The molecule has 2 rings (SSSR count). The maximum Gasteiger partial charge on any atom is 0.217 e. The first-order chi connectivity index (χ1) is 8.24. The lowest BCUT2D eigenvalue weighted by Gasteiger charge is -2.07. The number of nitrogens with zero attached hydrogens (tertiary/aromatic N) is 2. The summed E-state index contributed by atoms with van der Waals surface area (Å²) in [6, 6.07) is 6.94. The molecule has 5 heteroatoms. The van der Waals surface area contributed by atoms with Crippen LogP contribution >= 0.6 is 0 Å². The number of phenols is 1. The second kappa shape index (κ2) is 4.88. The van der Waals surface area contributed by atoms with Crippen LogP contribution in [0.4, 0.5) is 0 Å². The zero-order valence-electron chi connectivity index (χ0n) is 9.50. The van der Waals surface area contributed by atoms with Gasteiger partial charge in [-0.2, -0.15) is 5.10 Å². The molecule has 0 aliphatic heterocycles. The number of aliphatic hydroxyl groups excluding tert-OH is 1. The lowest BCUT2D eigenvalue weighted by Crippen LogP contribution is -2.04. The smallest absolute Gasteiger partial charge is 0.217 e. The van der Waals surface area contributed by atoms with Gasteiger partial charge in [-0.15, -0.1) is 0 Å². The summed E-state index contributed by atoms with van der Waals surface area (Å²) >= 11 is 0. The van der Waals surface area contributed by atoms with Crippen molar-refractivity contribution in [2.45, 2.75) is 13.2 Å². The SMILES string of the molecule is COc1c(CO)cnn1Cc1cccc(O)c1. The van der Waals surface area contributed by atoms with E-state index in [9.17, 15) is 5.11 Å². The van der Waals surface area contributed by atoms with Crippen molar-refractivity contribution in [2.75, 3.05) is 7.11 Å². The Bertz CT molecular complexity index is 508. The fourth-order valence-corrected chi connectivity index (χ4v) is 1.70. The third-order valence-corrected chi connectivity index (χ3v) is 2.47. The molecule has 2 aromatic rings. The van der Waals surface area contributed by atoms with Crippen LogP contribution in [0, 0.1) is 0 Å². The summed E-state index contributed by atoms with van der Waals surface area (Å²) in [5, 5.41) is 22.6. The molecule has 0 unspecified atom stereocenters. The number of ether oxygens (including phenoxy) is 1. The van der Waals surface area contributed by atoms with Gasteiger partial charge in [0, 0.05) is 0 Å². The van der Waals surface area contributed by atoms with E-state index in [1.807, 2.05) is 6.07 Å². The first-order valence-corrected chi connectivity index (χ1v) is 5.22. The Kier molecular flexibility index (Phi) is 3.30. The third kappa shape index (κ3) is 2.39. The summed E-state index contributed by atoms with van der Waals surface area (Å²) in [6.45, 7) is 0.376. The van der Waals surface area contributed by atoms with E-state index < -0.39 is 0 Å². The van der Waals surface area contributed by atoms with Gasteiger partial charge in [-0.25, -0.2) is 4.68 Å². The van der Waals surface area contributed by atoms with Gasteiger partial charge in [0.1, 0.15) is 5.75 Å². The molecule has 5 nitrogen and oxygen atoms in total. The highest BCUT2D eigenvalue weighted by atomic mass is 16.5. The van der Waals surface area contributed by atoms with Gasteiger partial charge in [0.15, 0.2) is 0 Å². The Morgan fingerprint density at radius 2 is 2.24 bits per heavy atom. The Balaban J connectivity index is 2.27. The zero-order valence-corrected chi connectivity index (χ0v) is 9.50. The standard InChI is InChI=1S/C12H14N2O3/c1-17-12-10(8-15)6-13-14(12)7-9-3-2-4-11(16)5-9/h2-6,15-16H,7-8H2,1H3. The zero-order chi connectivity index (χ0) is 12.3. The van der Waals surface area contributed by atoms with Gasteiger partial charge in [0.2, 0.25) is 5.88 Å². The van der Waals surface area contributed by atoms with Crippen LogP contribution in [0.15, 0.2) is 30.5 Å². The normalized spacial score (nSPS) is 10.5. The molecular weight excluding hydrogens is 220 g/mol. The molecule has 0 amide bonds. The van der Waals surface area contributed by atoms with E-state index in [0.29, 0.717) is 18.0 Å². The fourth-order valence-electron chi connectivity index (χ4n) is 1.70. The van der Waals surface area contributed by atoms with E-state index in [1.54, 1.807) is 29.1 Å². The molecule has 0 saturated carbocycles. The van der Waals surface area contributed by atoms with Gasteiger partial charge >= 0.3 is 0 Å². The van der Waals surface area contributed by atoms with E-state index in [1.165, 1.54) is 7.11 Å². The molecule has 0 radical (unpaired) electrons. The number of benzene rings is 1. The van der Waals surface area contributed by atoms with Crippen LogP contribution in [0.5, 0.6) is 11.6 Å². The van der Waals surface area contributed by atoms with Crippen molar-refractivity contribution in [1.82, 2.24) is 9.78 Å². The first-order valence-electron chi connectivity index (χ1n) is 5.22. The Labute approximate surface area is 98.9 Å². The van der Waals surface area contributed by atoms with E-state index in [-0.39, 0.29) is 12.4 Å². The molecule has 0 bridgehead atoms. The number of hydrogen-bond donors (Lipinski definition) is 2. The van der Waals surface area contributed by atoms with Gasteiger partial charge in [0.05, 0.1) is 32.0 Å². The number of phenolic OH excluding ortho intramolecular Hbond substituents is 1. The predicted molar refractivity (Wildman–Crippen MR) is 61.9 cm³/mol. The van der Waals surface area contributed by atoms with Crippen molar-refractivity contribution in [3.8, 4) is 11.6 Å². The van der Waals surface area contributed by atoms with Gasteiger partial charge in [-0.3, -0.25) is 0 Å². The molecule has 17 heavy (non-hydrogen) atoms. The summed E-state index contributed by atoms with van der Waals surface area (Å²) in [6.07, 6.45) is 1.57. The van der Waals surface area contributed by atoms with Gasteiger partial charge in [-0.05, 0) is 17.7 Å². The Morgan fingerprint density at radius 1 is 1.41 bits per heavy atom. The molecule has 2 N–H and O–H groups in total. The van der Waals surface area contributed by atoms with Crippen molar-refractivity contribution >= 4 is 0 Å². The average Bonchev–Trinajstić information content (AvgIpc) is 2.71. The second-order valence-electron chi connectivity index (χ2n) is 3.66. The molecule has 1 aromatic heterocycles. The highest BCUT2D eigenvalue weighted by Gasteiger charge is 2.10. The van der Waals surface area contributed by atoms with Crippen LogP contribution in [0.1, 0.15) is 11.1 Å². The maximum absolute atomic E-state index is 9.37. The number of rotatable bonds is 4. The average molecular weight is 234 g/mol. The van der Waals surface area contributed by atoms with Crippen molar-refractivity contribution in [2.24, 2.45) is 0 Å². The highest BCUT2D eigenvalue weighted by Crippen LogP contribution is 2.20. The fraction of sp³-hybridized carbons (Fsp3) is 0.250. The van der Waals surface area contributed by atoms with Crippen molar-refractivity contribution < 1.29 is 14.9 Å². The number of aliphatic hydroxyl groups is 1. The minimum Gasteiger partial charge on any atom is -0.508 e. The van der Waals surface area contributed by atoms with Crippen LogP contribution in [-0.2, 0) is 13.2 Å². The van der Waals surface area contributed by atoms with E-state index in [4.69, 9.17) is 9.84 Å². The lowest BCUT2D eigenvalue weighted by molar-refractivity contribution is 0.270. The topological polar surface area (TPSA) is 67.5 Å². The van der Waals surface area contributed by atoms with Crippen LogP contribution in [0.25, 0.3) is 0 Å². The summed E-state index contributed by atoms with van der Waals surface area (Å²) in [7, 11) is 1.54. The molecular formula is C12H14N2O3. The molecule has 0 spiro atoms. The minimum absolute atomic E-state index is 0.108. The number of aromatic hydroxyl groups is 1. The summed E-state index contributed by atoms with van der Waals surface area (Å²) in [5.41, 5.74) is 1.56. The monoisotopic (exact) mass is 234 g/mol. The number of hydrogen-bond acceptors (Lipinski definition) is 4. The number of aromatic nitrogens is 2. The molecule has 0 fully saturated rings. The second-order valence-corrected chi connectivity index (χ2v) is 3.66. The Hall–Kier alpha value is -2.01. The van der Waals surface area contributed by atoms with Crippen LogP contribution in [0.2, 0.25) is 0 Å². The first kappa shape index (κ1) is 11.5. The molecule has 0 saturated heterocycles. The van der Waals surface area contributed by atoms with Crippen LogP contribution in [0.3, 0.4) is 0 Å². The Morgan fingerprint density at radius 3 is 2.88 bits per heavy atom. The van der Waals surface area contributed by atoms with Crippen molar-refractivity contribution in [3.63, 3.8) is 0 Å². The minimum atomic E-state index is -0.108. The molecule has 90 valence electrons. The molecule has 0 aliphatic carbocycles. The van der Waals surface area contributed by atoms with Crippen LogP contribution < -0.4 is 4.74 Å². The van der Waals surface area contributed by atoms with Crippen molar-refractivity contribution in [3.05, 3.63) is 41.6 Å². The quantitative estimate of drug-likeness (QED) is 0.832. The van der Waals surface area contributed by atoms with Gasteiger partial charge in [0.25, 0.3) is 0 Å². The maximum atomic E-state index is 9.37. The summed E-state index contributed by atoms with van der Waals surface area (Å²) < 4.78 is 6.83. The largest absolute Gasteiger partial charge is 0.508 e. The molecule has 1 aromatic carbocycles. The van der Waals surface area contributed by atoms with Gasteiger partial charge < -0.3 is 14.9 Å². The predicted octanol–water partition coefficient (Wildman–Crippen LogP) is 1.14. The van der Waals surface area contributed by atoms with Crippen LogP contribution in [-0.4, -0.2) is 27.1 Å². The molecule has 0 aliphatic rings. The lowest BCUT2D eigenvalue weighted by atomic mass is 10.2. The third-order valence-electron chi connectivity index (χ3n) is 2.47. The van der Waals surface area contributed by atoms with E-state index in [2.05, 4.69) is 5.10 Å². The highest BCUT2D eigenvalue weighted by molar-refractivity contribution is 5.29. The summed E-state index contributed by atoms with van der Waals surface area (Å²) in [4.78, 5) is 0. The van der Waals surface area contributed by atoms with E-state index >= 15 is 0 Å². The van der Waals surface area contributed by atoms with E-state index in [0.717, 1.165) is 5.56 Å². The number of methoxy groups -OCH3 is 1. The van der Waals surface area contributed by atoms with Gasteiger partial charge in [-0.1, -0.05) is 12.1 Å². The van der Waals surface area contributed by atoms with Crippen molar-refractivity contribution in [1.29, 1.82) is 0 Å². The summed E-state index contributed by atoms with van der Waals surface area (Å²) in [5.74, 6) is 0.756.